The topological polar surface area (TPSA) is 83.7 Å². The number of hydrogen-bond donors (Lipinski definition) is 0. The molecule has 0 aliphatic carbocycles. The molecule has 0 amide bonds. The van der Waals surface area contributed by atoms with Gasteiger partial charge < -0.3 is 47.0 Å². The monoisotopic (exact) mass is 1580 g/mol. The fraction of sp³-hybridized carbons (Fsp3) is 0.0182. The molecule has 18 aromatic carbocycles. The Balaban J connectivity index is 0.571. The fourth-order valence-electron chi connectivity index (χ4n) is 21.9. The number of rotatable bonds is 7. The predicted molar refractivity (Wildman–Crippen MR) is 503 cm³/mol. The van der Waals surface area contributed by atoms with Gasteiger partial charge in [-0.3, -0.25) is 0 Å². The number of benzene rings is 18. The van der Waals surface area contributed by atoms with Gasteiger partial charge in [0.25, 0.3) is 26.9 Å². The summed E-state index contributed by atoms with van der Waals surface area (Å²) in [7, 11) is 0. The summed E-state index contributed by atoms with van der Waals surface area (Å²) in [6.45, 7) is 3.95. The maximum Gasteiger partial charge on any atom is 0.260 e. The van der Waals surface area contributed by atoms with E-state index in [1.807, 2.05) is 0 Å². The van der Waals surface area contributed by atoms with E-state index in [1.165, 1.54) is 0 Å². The van der Waals surface area contributed by atoms with Crippen molar-refractivity contribution in [2.75, 3.05) is 0 Å². The Bertz CT molecular complexity index is 8080. The van der Waals surface area contributed by atoms with Crippen LogP contribution in [0.25, 0.3) is 111 Å². The Morgan fingerprint density at radius 3 is 0.718 bits per heavy atom. The fourth-order valence-corrected chi connectivity index (χ4v) is 21.9. The van der Waals surface area contributed by atoms with Crippen LogP contribution < -0.4 is 103 Å². The van der Waals surface area contributed by atoms with Gasteiger partial charge in [-0.1, -0.05) is 206 Å². The summed E-state index contributed by atoms with van der Waals surface area (Å²) in [6.07, 6.45) is 0. The third-order valence-corrected chi connectivity index (χ3v) is 27.0. The van der Waals surface area contributed by atoms with Crippen molar-refractivity contribution >= 4 is 136 Å². The average Bonchev–Trinajstić information content (AvgIpc) is 1.34. The number of aryl methyl sites for hydroxylation is 2. The SMILES string of the molecule is Cc1cc(-c2cc3c4c(c2)Oc2ccccc2B4c2ccccc2O3)c2c(c1)c1cc(C)cc(-c3cc4c5c(c3)Oc3cc(-c6ccc7c(c6)Oc6cc(-c8cccc9c%10cccc(-c%11cc%12c%13c(c%11)Oc%11ccccc%11B%13c%11ccccc%11O%12)c%10n(-c%10ccccc%10)c89)cc8c6B7c6ccccc6O8)ccc3B5c3ccccc3O4)c1n2-c1ccccc1. The number of nitrogens with zero attached hydrogens (tertiary/aromatic N) is 2. The Morgan fingerprint density at radius 1 is 0.177 bits per heavy atom. The molecule has 0 unspecified atom stereocenters. The van der Waals surface area contributed by atoms with Crippen LogP contribution in [0.2, 0.25) is 0 Å². The molecule has 0 radical (unpaired) electrons. The zero-order valence-electron chi connectivity index (χ0n) is 67.0. The summed E-state index contributed by atoms with van der Waals surface area (Å²) >= 11 is 0. The molecule has 0 spiro atoms. The first-order chi connectivity index (χ1) is 61.2. The molecule has 28 rings (SSSR count). The lowest BCUT2D eigenvalue weighted by molar-refractivity contribution is 0.464. The highest BCUT2D eigenvalue weighted by Gasteiger charge is 2.46. The molecule has 124 heavy (non-hydrogen) atoms. The van der Waals surface area contributed by atoms with E-state index in [0.29, 0.717) is 0 Å². The molecule has 10 heterocycles. The first kappa shape index (κ1) is 68.0. The normalized spacial score (nSPS) is 13.5. The van der Waals surface area contributed by atoms with Crippen LogP contribution in [0.15, 0.2) is 352 Å². The number of ether oxygens (including phenoxy) is 8. The smallest absolute Gasteiger partial charge is 0.260 e. The van der Waals surface area contributed by atoms with Gasteiger partial charge in [-0.05, 0) is 248 Å². The van der Waals surface area contributed by atoms with Crippen molar-refractivity contribution in [2.24, 2.45) is 0 Å². The molecule has 0 saturated carbocycles. The van der Waals surface area contributed by atoms with Crippen molar-refractivity contribution in [1.29, 1.82) is 0 Å². The number of hydrogen-bond acceptors (Lipinski definition) is 8. The first-order valence-corrected chi connectivity index (χ1v) is 42.5. The van der Waals surface area contributed by atoms with Gasteiger partial charge >= 0.3 is 0 Å². The second-order valence-electron chi connectivity index (χ2n) is 34.0. The molecule has 0 saturated heterocycles. The van der Waals surface area contributed by atoms with E-state index in [1.54, 1.807) is 0 Å². The van der Waals surface area contributed by atoms with Crippen LogP contribution in [0, 0.1) is 13.8 Å². The highest BCUT2D eigenvalue weighted by molar-refractivity contribution is 7.00. The van der Waals surface area contributed by atoms with Gasteiger partial charge in [-0.2, -0.15) is 0 Å². The van der Waals surface area contributed by atoms with Crippen molar-refractivity contribution in [1.82, 2.24) is 9.13 Å². The third kappa shape index (κ3) is 9.70. The van der Waals surface area contributed by atoms with Crippen LogP contribution in [0.1, 0.15) is 11.1 Å². The maximum atomic E-state index is 7.51. The summed E-state index contributed by atoms with van der Waals surface area (Å²) in [5, 5.41) is 4.48. The van der Waals surface area contributed by atoms with Gasteiger partial charge in [0.15, 0.2) is 0 Å². The molecule has 10 nitrogen and oxygen atoms in total. The lowest BCUT2D eigenvalue weighted by Gasteiger charge is -2.34. The van der Waals surface area contributed by atoms with Gasteiger partial charge in [-0.15, -0.1) is 0 Å². The summed E-state index contributed by atoms with van der Waals surface area (Å²) in [5.74, 6) is 12.7. The van der Waals surface area contributed by atoms with E-state index in [9.17, 15) is 0 Å². The van der Waals surface area contributed by atoms with Crippen molar-refractivity contribution in [3.05, 3.63) is 363 Å². The second kappa shape index (κ2) is 25.4. The minimum atomic E-state index is -0.187. The minimum Gasteiger partial charge on any atom is -0.458 e. The molecule has 0 atom stereocenters. The molecule has 20 aromatic rings. The second-order valence-corrected chi connectivity index (χ2v) is 34.0. The third-order valence-electron chi connectivity index (χ3n) is 27.0. The molecule has 14 heteroatoms. The molecule has 2 aromatic heterocycles. The van der Waals surface area contributed by atoms with Crippen molar-refractivity contribution in [3.63, 3.8) is 0 Å². The van der Waals surface area contributed by atoms with Crippen LogP contribution in [0.5, 0.6) is 92.0 Å². The van der Waals surface area contributed by atoms with Gasteiger partial charge in [0.1, 0.15) is 92.0 Å². The van der Waals surface area contributed by atoms with Gasteiger partial charge in [0, 0.05) is 77.0 Å². The Kier molecular flexibility index (Phi) is 13.9. The minimum absolute atomic E-state index is 0.0416. The highest BCUT2D eigenvalue weighted by atomic mass is 16.5. The zero-order valence-corrected chi connectivity index (χ0v) is 67.0. The van der Waals surface area contributed by atoms with Gasteiger partial charge in [0.05, 0.1) is 22.1 Å². The molecular weight excluding hydrogens is 1520 g/mol. The first-order valence-electron chi connectivity index (χ1n) is 42.5. The zero-order chi connectivity index (χ0) is 81.0. The number of para-hydroxylation sites is 10. The molecule has 8 aliphatic heterocycles. The summed E-state index contributed by atoms with van der Waals surface area (Å²) in [5.41, 5.74) is 31.5. The van der Waals surface area contributed by atoms with Gasteiger partial charge in [0.2, 0.25) is 0 Å². The van der Waals surface area contributed by atoms with E-state index in [2.05, 4.69) is 375 Å². The number of fused-ring (bicyclic) bond motifs is 22. The van der Waals surface area contributed by atoms with Crippen LogP contribution in [0.4, 0.5) is 0 Å². The number of aromatic nitrogens is 2. The summed E-state index contributed by atoms with van der Waals surface area (Å²) in [4.78, 5) is 0. The molecule has 0 bridgehead atoms. The van der Waals surface area contributed by atoms with E-state index in [-0.39, 0.29) is 26.9 Å². The lowest BCUT2D eigenvalue weighted by Crippen LogP contribution is -2.57. The van der Waals surface area contributed by atoms with Gasteiger partial charge in [-0.25, -0.2) is 0 Å². The molecule has 574 valence electrons. The largest absolute Gasteiger partial charge is 0.458 e. The van der Waals surface area contributed by atoms with Crippen LogP contribution in [0.3, 0.4) is 0 Å². The average molecular weight is 1580 g/mol. The predicted octanol–water partition coefficient (Wildman–Crippen LogP) is 19.7. The van der Waals surface area contributed by atoms with E-state index in [4.69, 9.17) is 37.9 Å². The van der Waals surface area contributed by atoms with Crippen molar-refractivity contribution in [3.8, 4) is 159 Å². The maximum absolute atomic E-state index is 7.51. The van der Waals surface area contributed by atoms with Crippen molar-refractivity contribution in [2.45, 2.75) is 13.8 Å². The Hall–Kier alpha value is -15.8. The highest BCUT2D eigenvalue weighted by Crippen LogP contribution is 2.52. The Morgan fingerprint density at radius 2 is 0.419 bits per heavy atom. The van der Waals surface area contributed by atoms with E-state index < -0.39 is 0 Å². The van der Waals surface area contributed by atoms with Crippen LogP contribution >= 0.6 is 0 Å². The lowest BCUT2D eigenvalue weighted by atomic mass is 9.34. The van der Waals surface area contributed by atoms with Crippen LogP contribution in [-0.4, -0.2) is 36.0 Å². The van der Waals surface area contributed by atoms with E-state index >= 15 is 0 Å². The quantitative estimate of drug-likeness (QED) is 0.146. The summed E-state index contributed by atoms with van der Waals surface area (Å²) in [6, 6.07) is 126. The van der Waals surface area contributed by atoms with Crippen LogP contribution in [-0.2, 0) is 0 Å². The van der Waals surface area contributed by atoms with Crippen molar-refractivity contribution < 1.29 is 37.9 Å². The Labute approximate surface area is 714 Å². The molecular formula is C110H64B4N2O8. The van der Waals surface area contributed by atoms with E-state index in [0.717, 1.165) is 279 Å². The standard InChI is InChI=1S/C110H64B4N2O8/c1-61-47-75(67-57-98-104-99(58-67)121-90-40-18-12-34-82(90)112(104)81-33-11-17-39-89(81)120-98)109-77(49-61)78-50-62(2)48-76(110(78)116(109)70-25-7-4-8-26-70)68-59-100-106-102(60-68)124-94-52-64(44-46-86(94)114(106)84-36-14-20-42-92(84)122-100)63-43-45-85-93(51-63)123-101-56-66(55-97-105(101)113(85)83-35-13-19-41-91(83)119-97)72-28-22-30-74-73-29-21-27-71(107(73)115(108(72)74)69-23-5-3-6-24-69)65-53-95-103-96(54-65)118-88-38-16-10-32-80(88)111(103)79-31-9-15-37-87(79)117-95/h3-60H,1-2H3. The molecule has 0 N–H and O–H groups in total. The molecule has 0 fully saturated rings. The summed E-state index contributed by atoms with van der Waals surface area (Å²) < 4.78 is 62.0. The molecule has 8 aliphatic rings.